The molecule has 0 fully saturated rings. The van der Waals surface area contributed by atoms with E-state index in [1.54, 1.807) is 19.2 Å². The second-order valence-electron chi connectivity index (χ2n) is 3.45. The highest BCUT2D eigenvalue weighted by Gasteiger charge is 2.10. The van der Waals surface area contributed by atoms with Gasteiger partial charge in [0.15, 0.2) is 5.75 Å². The van der Waals surface area contributed by atoms with Gasteiger partial charge in [0.1, 0.15) is 0 Å². The van der Waals surface area contributed by atoms with Gasteiger partial charge in [-0.1, -0.05) is 18.2 Å². The maximum Gasteiger partial charge on any atom is 0.446 e. The molecule has 0 radical (unpaired) electrons. The molecule has 0 heterocycles. The predicted octanol–water partition coefficient (Wildman–Crippen LogP) is 2.06. The standard InChI is InChI=1S/C11H11NO4S/c1-12-9-6-5-8-3-2-4-11(10(8)7-9)16-17(13,14)15/h2-7,12H,1H3,(H,13,14,15). The van der Waals surface area contributed by atoms with Crippen LogP contribution < -0.4 is 9.50 Å². The maximum atomic E-state index is 10.7. The van der Waals surface area contributed by atoms with E-state index in [0.717, 1.165) is 11.1 Å². The van der Waals surface area contributed by atoms with E-state index >= 15 is 0 Å². The molecule has 0 bridgehead atoms. The molecule has 2 aromatic rings. The maximum absolute atomic E-state index is 10.7. The third-order valence-corrected chi connectivity index (χ3v) is 2.72. The average Bonchev–Trinajstić information content (AvgIpc) is 2.27. The average molecular weight is 253 g/mol. The molecule has 0 aliphatic heterocycles. The molecule has 2 aromatic carbocycles. The molecule has 0 amide bonds. The molecule has 17 heavy (non-hydrogen) atoms. The zero-order chi connectivity index (χ0) is 12.5. The van der Waals surface area contributed by atoms with Gasteiger partial charge in [-0.2, -0.15) is 8.42 Å². The molecule has 6 heteroatoms. The molecule has 0 aliphatic carbocycles. The largest absolute Gasteiger partial charge is 0.446 e. The van der Waals surface area contributed by atoms with E-state index in [0.29, 0.717) is 5.39 Å². The van der Waals surface area contributed by atoms with Crippen molar-refractivity contribution in [1.29, 1.82) is 0 Å². The number of anilines is 1. The number of fused-ring (bicyclic) bond motifs is 1. The number of hydrogen-bond acceptors (Lipinski definition) is 4. The Morgan fingerprint density at radius 1 is 1.24 bits per heavy atom. The Balaban J connectivity index is 2.62. The van der Waals surface area contributed by atoms with Gasteiger partial charge in [0, 0.05) is 18.1 Å². The summed E-state index contributed by atoms with van der Waals surface area (Å²) in [5.74, 6) is 0.0992. The first kappa shape index (κ1) is 11.7. The van der Waals surface area contributed by atoms with E-state index in [1.807, 2.05) is 18.2 Å². The van der Waals surface area contributed by atoms with E-state index in [-0.39, 0.29) is 5.75 Å². The van der Waals surface area contributed by atoms with Gasteiger partial charge in [-0.3, -0.25) is 4.55 Å². The molecule has 0 atom stereocenters. The predicted molar refractivity (Wildman–Crippen MR) is 65.7 cm³/mol. The van der Waals surface area contributed by atoms with E-state index in [2.05, 4.69) is 9.50 Å². The van der Waals surface area contributed by atoms with Gasteiger partial charge in [-0.25, -0.2) is 0 Å². The lowest BCUT2D eigenvalue weighted by Gasteiger charge is -2.07. The minimum atomic E-state index is -4.51. The van der Waals surface area contributed by atoms with Gasteiger partial charge in [0.25, 0.3) is 0 Å². The van der Waals surface area contributed by atoms with Crippen LogP contribution in [0.2, 0.25) is 0 Å². The molecule has 0 aromatic heterocycles. The monoisotopic (exact) mass is 253 g/mol. The highest BCUT2D eigenvalue weighted by atomic mass is 32.3. The number of hydrogen-bond donors (Lipinski definition) is 2. The number of nitrogens with one attached hydrogen (secondary N) is 1. The summed E-state index contributed by atoms with van der Waals surface area (Å²) in [6.45, 7) is 0. The van der Waals surface area contributed by atoms with Crippen molar-refractivity contribution in [3.8, 4) is 5.75 Å². The fourth-order valence-electron chi connectivity index (χ4n) is 1.59. The molecule has 0 saturated carbocycles. The van der Waals surface area contributed by atoms with Crippen molar-refractivity contribution >= 4 is 26.9 Å². The first-order valence-corrected chi connectivity index (χ1v) is 6.23. The van der Waals surface area contributed by atoms with Crippen molar-refractivity contribution in [3.63, 3.8) is 0 Å². The summed E-state index contributed by atoms with van der Waals surface area (Å²) >= 11 is 0. The Morgan fingerprint density at radius 3 is 2.65 bits per heavy atom. The molecule has 0 aliphatic rings. The smallest absolute Gasteiger partial charge is 0.388 e. The van der Waals surface area contributed by atoms with Crippen LogP contribution in [0, 0.1) is 0 Å². The Hall–Kier alpha value is -1.79. The van der Waals surface area contributed by atoms with Gasteiger partial charge in [-0.15, -0.1) is 0 Å². The van der Waals surface area contributed by atoms with Crippen LogP contribution in [0.15, 0.2) is 36.4 Å². The molecule has 0 spiro atoms. The van der Waals surface area contributed by atoms with Crippen LogP contribution in [0.1, 0.15) is 0 Å². The third-order valence-electron chi connectivity index (χ3n) is 2.33. The molecular formula is C11H11NO4S. The summed E-state index contributed by atoms with van der Waals surface area (Å²) in [6.07, 6.45) is 0. The van der Waals surface area contributed by atoms with Gasteiger partial charge in [0.05, 0.1) is 0 Å². The van der Waals surface area contributed by atoms with Crippen molar-refractivity contribution in [2.75, 3.05) is 12.4 Å². The van der Waals surface area contributed by atoms with Crippen LogP contribution in [0.4, 0.5) is 5.69 Å². The molecule has 2 rings (SSSR count). The minimum Gasteiger partial charge on any atom is -0.388 e. The molecule has 0 saturated heterocycles. The third kappa shape index (κ3) is 2.66. The molecule has 90 valence electrons. The van der Waals surface area contributed by atoms with Gasteiger partial charge < -0.3 is 9.50 Å². The Kier molecular flexibility index (Phi) is 2.91. The van der Waals surface area contributed by atoms with Crippen molar-refractivity contribution in [2.45, 2.75) is 0 Å². The Labute approximate surface area is 99.0 Å². The minimum absolute atomic E-state index is 0.0992. The normalized spacial score (nSPS) is 11.4. The number of rotatable bonds is 3. The van der Waals surface area contributed by atoms with Gasteiger partial charge >= 0.3 is 10.4 Å². The fraction of sp³-hybridized carbons (Fsp3) is 0.0909. The zero-order valence-corrected chi connectivity index (χ0v) is 9.86. The van der Waals surface area contributed by atoms with Crippen LogP contribution >= 0.6 is 0 Å². The zero-order valence-electron chi connectivity index (χ0n) is 9.04. The van der Waals surface area contributed by atoms with Crippen LogP contribution in [-0.4, -0.2) is 20.0 Å². The SMILES string of the molecule is CNc1ccc2cccc(OS(=O)(=O)O)c2c1. The van der Waals surface area contributed by atoms with Crippen molar-refractivity contribution in [2.24, 2.45) is 0 Å². The van der Waals surface area contributed by atoms with Gasteiger partial charge in [-0.05, 0) is 23.6 Å². The summed E-state index contributed by atoms with van der Waals surface area (Å²) in [6, 6.07) is 10.4. The second kappa shape index (κ2) is 4.23. The molecule has 5 nitrogen and oxygen atoms in total. The topological polar surface area (TPSA) is 75.6 Å². The summed E-state index contributed by atoms with van der Waals surface area (Å²) in [5, 5.41) is 4.37. The van der Waals surface area contributed by atoms with Crippen LogP contribution in [0.3, 0.4) is 0 Å². The lowest BCUT2D eigenvalue weighted by molar-refractivity contribution is 0.388. The van der Waals surface area contributed by atoms with Crippen LogP contribution in [0.25, 0.3) is 10.8 Å². The molecule has 0 unspecified atom stereocenters. The summed E-state index contributed by atoms with van der Waals surface area (Å²) in [7, 11) is -2.75. The second-order valence-corrected chi connectivity index (χ2v) is 4.48. The lowest BCUT2D eigenvalue weighted by Crippen LogP contribution is -2.06. The highest BCUT2D eigenvalue weighted by Crippen LogP contribution is 2.28. The summed E-state index contributed by atoms with van der Waals surface area (Å²) < 4.78 is 34.6. The first-order chi connectivity index (χ1) is 7.99. The van der Waals surface area contributed by atoms with E-state index in [9.17, 15) is 8.42 Å². The summed E-state index contributed by atoms with van der Waals surface area (Å²) in [4.78, 5) is 0. The van der Waals surface area contributed by atoms with Crippen molar-refractivity contribution in [1.82, 2.24) is 0 Å². The van der Waals surface area contributed by atoms with Crippen molar-refractivity contribution in [3.05, 3.63) is 36.4 Å². The molecule has 2 N–H and O–H groups in total. The number of benzene rings is 2. The molecular weight excluding hydrogens is 242 g/mol. The quantitative estimate of drug-likeness (QED) is 0.819. The van der Waals surface area contributed by atoms with Crippen LogP contribution in [-0.2, 0) is 10.4 Å². The van der Waals surface area contributed by atoms with E-state index in [1.165, 1.54) is 6.07 Å². The first-order valence-electron chi connectivity index (χ1n) is 4.87. The Morgan fingerprint density at radius 2 is 2.00 bits per heavy atom. The fourth-order valence-corrected chi connectivity index (χ4v) is 1.96. The summed E-state index contributed by atoms with van der Waals surface area (Å²) in [5.41, 5.74) is 0.823. The van der Waals surface area contributed by atoms with E-state index < -0.39 is 10.4 Å². The van der Waals surface area contributed by atoms with Crippen molar-refractivity contribution < 1.29 is 17.2 Å². The van der Waals surface area contributed by atoms with Crippen LogP contribution in [0.5, 0.6) is 5.75 Å². The highest BCUT2D eigenvalue weighted by molar-refractivity contribution is 7.81. The Bertz CT molecular complexity index is 652. The van der Waals surface area contributed by atoms with Gasteiger partial charge in [0.2, 0.25) is 0 Å². The lowest BCUT2D eigenvalue weighted by atomic mass is 10.1. The van der Waals surface area contributed by atoms with E-state index in [4.69, 9.17) is 4.55 Å².